The number of benzene rings is 2. The van der Waals surface area contributed by atoms with Gasteiger partial charge in [0.1, 0.15) is 11.7 Å². The third kappa shape index (κ3) is 4.32. The molecule has 0 bridgehead atoms. The van der Waals surface area contributed by atoms with Gasteiger partial charge in [0, 0.05) is 12.3 Å². The van der Waals surface area contributed by atoms with Crippen molar-refractivity contribution >= 4 is 18.7 Å². The molecule has 4 atom stereocenters. The maximum atomic E-state index is 15.4. The van der Waals surface area contributed by atoms with Gasteiger partial charge in [-0.3, -0.25) is 14.3 Å². The lowest BCUT2D eigenvalue weighted by atomic mass is 9.97. The fraction of sp³-hybridized carbons (Fsp3) is 0.333. The maximum absolute atomic E-state index is 15.4. The number of aromatic amines is 1. The zero-order valence-corrected chi connectivity index (χ0v) is 21.6. The van der Waals surface area contributed by atoms with E-state index in [1.807, 2.05) is 60.7 Å². The Kier molecular flexibility index (Phi) is 7.02. The van der Waals surface area contributed by atoms with E-state index >= 15 is 4.39 Å². The first-order valence-electron chi connectivity index (χ1n) is 11.8. The fourth-order valence-corrected chi connectivity index (χ4v) is 9.55. The minimum Gasteiger partial charge on any atom is -0.404 e. The Balaban J connectivity index is 1.78. The highest BCUT2D eigenvalue weighted by molar-refractivity contribution is 6.99. The summed E-state index contributed by atoms with van der Waals surface area (Å²) in [6.45, 7) is 9.93. The number of halogens is 1. The zero-order valence-electron chi connectivity index (χ0n) is 20.6. The third-order valence-corrected chi connectivity index (χ3v) is 11.8. The summed E-state index contributed by atoms with van der Waals surface area (Å²) in [6.07, 6.45) is -2.61. The third-order valence-electron chi connectivity index (χ3n) is 6.82. The minimum absolute atomic E-state index is 0.194. The first-order valence-corrected chi connectivity index (χ1v) is 13.7. The van der Waals surface area contributed by atoms with E-state index in [0.29, 0.717) is 0 Å². The molecule has 2 N–H and O–H groups in total. The van der Waals surface area contributed by atoms with E-state index in [0.717, 1.165) is 27.2 Å². The van der Waals surface area contributed by atoms with Crippen LogP contribution in [0.2, 0.25) is 5.04 Å². The highest BCUT2D eigenvalue weighted by Crippen LogP contribution is 2.42. The van der Waals surface area contributed by atoms with Crippen LogP contribution in [-0.2, 0) is 9.16 Å². The smallest absolute Gasteiger partial charge is 0.330 e. The second-order valence-electron chi connectivity index (χ2n) is 10.0. The molecule has 0 radical (unpaired) electrons. The average Bonchev–Trinajstić information content (AvgIpc) is 3.10. The summed E-state index contributed by atoms with van der Waals surface area (Å²) in [5.74, 6) is 0. The van der Waals surface area contributed by atoms with Gasteiger partial charge in [0.05, 0.1) is 6.61 Å². The molecule has 1 aromatic heterocycles. The van der Waals surface area contributed by atoms with Gasteiger partial charge in [-0.15, -0.1) is 6.58 Å². The van der Waals surface area contributed by atoms with Crippen LogP contribution in [0.3, 0.4) is 0 Å². The molecule has 1 saturated heterocycles. The number of hydrogen-bond donors (Lipinski definition) is 2. The molecule has 2 heterocycles. The van der Waals surface area contributed by atoms with Crippen molar-refractivity contribution in [1.29, 1.82) is 0 Å². The maximum Gasteiger partial charge on any atom is 0.330 e. The summed E-state index contributed by atoms with van der Waals surface area (Å²) in [5.41, 5.74) is -3.09. The van der Waals surface area contributed by atoms with Crippen LogP contribution in [0.4, 0.5) is 4.39 Å². The topological polar surface area (TPSA) is 93.5 Å². The summed E-state index contributed by atoms with van der Waals surface area (Å²) >= 11 is 0. The predicted octanol–water partition coefficient (Wildman–Crippen LogP) is 2.27. The molecule has 0 unspecified atom stereocenters. The SMILES string of the molecule is C=C[C@]1(CO[Si](c2ccccc2)(c2ccccc2)C(C)(C)C)O[C@@H](n2ccc(=O)[nH]c2=O)[C@H](F)[C@@H]1O. The Hall–Kier alpha value is -3.11. The molecule has 1 fully saturated rings. The van der Waals surface area contributed by atoms with Gasteiger partial charge in [-0.1, -0.05) is 87.5 Å². The predicted molar refractivity (Wildman–Crippen MR) is 139 cm³/mol. The van der Waals surface area contributed by atoms with Crippen LogP contribution in [0.25, 0.3) is 0 Å². The normalized spacial score (nSPS) is 24.5. The molecule has 3 aromatic rings. The fourth-order valence-electron chi connectivity index (χ4n) is 4.95. The summed E-state index contributed by atoms with van der Waals surface area (Å²) in [7, 11) is -3.03. The van der Waals surface area contributed by atoms with Gasteiger partial charge >= 0.3 is 5.69 Å². The van der Waals surface area contributed by atoms with Crippen LogP contribution >= 0.6 is 0 Å². The summed E-state index contributed by atoms with van der Waals surface area (Å²) < 4.78 is 29.2. The first-order chi connectivity index (χ1) is 17.1. The van der Waals surface area contributed by atoms with E-state index in [-0.39, 0.29) is 11.6 Å². The number of aliphatic hydroxyl groups excluding tert-OH is 1. The molecule has 0 spiro atoms. The van der Waals surface area contributed by atoms with Crippen molar-refractivity contribution in [2.24, 2.45) is 0 Å². The molecule has 0 amide bonds. The van der Waals surface area contributed by atoms with Crippen molar-refractivity contribution in [2.45, 2.75) is 49.9 Å². The number of alkyl halides is 1. The van der Waals surface area contributed by atoms with Crippen molar-refractivity contribution in [3.63, 3.8) is 0 Å². The highest BCUT2D eigenvalue weighted by atomic mass is 28.4. The Morgan fingerprint density at radius 2 is 1.67 bits per heavy atom. The van der Waals surface area contributed by atoms with Gasteiger partial charge < -0.3 is 14.3 Å². The van der Waals surface area contributed by atoms with Crippen molar-refractivity contribution < 1.29 is 18.7 Å². The molecule has 7 nitrogen and oxygen atoms in total. The minimum atomic E-state index is -3.03. The van der Waals surface area contributed by atoms with Crippen LogP contribution in [0, 0.1) is 0 Å². The molecular weight excluding hydrogens is 479 g/mol. The number of aliphatic hydroxyl groups is 1. The lowest BCUT2D eigenvalue weighted by Crippen LogP contribution is -2.68. The molecule has 4 rings (SSSR count). The van der Waals surface area contributed by atoms with Gasteiger partial charge in [0.15, 0.2) is 12.4 Å². The lowest BCUT2D eigenvalue weighted by Gasteiger charge is -2.45. The number of aromatic nitrogens is 2. The average molecular weight is 511 g/mol. The largest absolute Gasteiger partial charge is 0.404 e. The first kappa shape index (κ1) is 26.0. The standard InChI is InChI=1S/C27H31FN2O5Si/c1-5-27(23(32)22(28)24(35-27)30-17-16-21(31)29-25(30)33)18-34-36(26(2,3)4,19-12-8-6-9-13-19)20-14-10-7-11-15-20/h5-17,22-24,32H,1,18H2,2-4H3,(H,29,31,33)/t22-,23+,24-,27-/m1/s1. The zero-order chi connectivity index (χ0) is 26.1. The Morgan fingerprint density at radius 3 is 2.14 bits per heavy atom. The van der Waals surface area contributed by atoms with Gasteiger partial charge in [-0.25, -0.2) is 9.18 Å². The summed E-state index contributed by atoms with van der Waals surface area (Å²) in [4.78, 5) is 25.9. The number of nitrogens with zero attached hydrogens (tertiary/aromatic N) is 1. The quantitative estimate of drug-likeness (QED) is 0.376. The second-order valence-corrected chi connectivity index (χ2v) is 14.3. The highest BCUT2D eigenvalue weighted by Gasteiger charge is 2.58. The van der Waals surface area contributed by atoms with Crippen LogP contribution in [0.5, 0.6) is 0 Å². The van der Waals surface area contributed by atoms with Gasteiger partial charge in [-0.05, 0) is 15.4 Å². The number of hydrogen-bond acceptors (Lipinski definition) is 5. The van der Waals surface area contributed by atoms with Crippen LogP contribution in [-0.4, -0.2) is 47.5 Å². The van der Waals surface area contributed by atoms with Crippen molar-refractivity contribution in [3.8, 4) is 0 Å². The van der Waals surface area contributed by atoms with Crippen molar-refractivity contribution in [2.75, 3.05) is 6.61 Å². The molecular formula is C27H31FN2O5Si. The van der Waals surface area contributed by atoms with Crippen LogP contribution in [0.1, 0.15) is 27.0 Å². The van der Waals surface area contributed by atoms with Crippen LogP contribution < -0.4 is 21.6 Å². The summed E-state index contributed by atoms with van der Waals surface area (Å²) in [6, 6.07) is 20.9. The molecule has 1 aliphatic rings. The van der Waals surface area contributed by atoms with Crippen LogP contribution in [0.15, 0.2) is 95.2 Å². The molecule has 1 aliphatic heterocycles. The van der Waals surface area contributed by atoms with E-state index in [1.165, 1.54) is 6.08 Å². The molecule has 2 aromatic carbocycles. The number of ether oxygens (including phenoxy) is 1. The van der Waals surface area contributed by atoms with Gasteiger partial charge in [0.2, 0.25) is 0 Å². The van der Waals surface area contributed by atoms with E-state index in [2.05, 4.69) is 32.3 Å². The van der Waals surface area contributed by atoms with E-state index in [9.17, 15) is 14.7 Å². The molecule has 36 heavy (non-hydrogen) atoms. The van der Waals surface area contributed by atoms with E-state index < -0.39 is 43.7 Å². The Bertz CT molecular complexity index is 1280. The van der Waals surface area contributed by atoms with Gasteiger partial charge in [-0.2, -0.15) is 0 Å². The number of rotatable bonds is 7. The molecule has 9 heteroatoms. The molecule has 190 valence electrons. The molecule has 0 saturated carbocycles. The number of nitrogens with one attached hydrogen (secondary N) is 1. The van der Waals surface area contributed by atoms with Crippen molar-refractivity contribution in [3.05, 3.63) is 106 Å². The Morgan fingerprint density at radius 1 is 1.11 bits per heavy atom. The van der Waals surface area contributed by atoms with E-state index in [1.54, 1.807) is 0 Å². The number of H-pyrrole nitrogens is 1. The Labute approximate surface area is 210 Å². The van der Waals surface area contributed by atoms with Gasteiger partial charge in [0.25, 0.3) is 13.9 Å². The van der Waals surface area contributed by atoms with E-state index in [4.69, 9.17) is 9.16 Å². The molecule has 0 aliphatic carbocycles. The second kappa shape index (κ2) is 9.74. The monoisotopic (exact) mass is 510 g/mol. The van der Waals surface area contributed by atoms with Crippen molar-refractivity contribution in [1.82, 2.24) is 9.55 Å². The lowest BCUT2D eigenvalue weighted by molar-refractivity contribution is -0.0950. The summed E-state index contributed by atoms with van der Waals surface area (Å²) in [5, 5.41) is 12.7.